The molecule has 0 saturated carbocycles. The average Bonchev–Trinajstić information content (AvgIpc) is 3.38. The van der Waals surface area contributed by atoms with Crippen molar-refractivity contribution in [2.75, 3.05) is 18.1 Å². The maximum Gasteiger partial charge on any atom is 0.335 e. The van der Waals surface area contributed by atoms with Crippen molar-refractivity contribution in [2.45, 2.75) is 12.8 Å². The van der Waals surface area contributed by atoms with Crippen molar-refractivity contribution in [3.05, 3.63) is 119 Å². The van der Waals surface area contributed by atoms with Crippen molar-refractivity contribution < 1.29 is 34.7 Å². The Morgan fingerprint density at radius 3 is 2.53 bits per heavy atom. The second-order valence-electron chi connectivity index (χ2n) is 11.4. The molecule has 49 heavy (non-hydrogen) atoms. The first-order valence-corrected chi connectivity index (χ1v) is 15.5. The van der Waals surface area contributed by atoms with Crippen LogP contribution in [0.15, 0.2) is 91.3 Å². The third-order valence-electron chi connectivity index (χ3n) is 8.40. The molecule has 1 aliphatic rings. The number of imidazole rings is 1. The summed E-state index contributed by atoms with van der Waals surface area (Å²) in [6, 6.07) is 21.7. The van der Waals surface area contributed by atoms with Gasteiger partial charge in [-0.1, -0.05) is 30.3 Å². The molecular formula is C36H29N5O7S. The van der Waals surface area contributed by atoms with Crippen molar-refractivity contribution in [2.24, 2.45) is 5.73 Å². The molecule has 1 atom stereocenters. The van der Waals surface area contributed by atoms with E-state index in [0.717, 1.165) is 5.56 Å². The third kappa shape index (κ3) is 5.65. The Balaban J connectivity index is 1.17. The van der Waals surface area contributed by atoms with Crippen LogP contribution in [0.2, 0.25) is 0 Å². The number of carboxylic acid groups (broad SMARTS) is 1. The molecule has 0 fully saturated rings. The molecule has 2 aromatic heterocycles. The number of rotatable bonds is 8. The van der Waals surface area contributed by atoms with E-state index in [1.54, 1.807) is 66.2 Å². The van der Waals surface area contributed by atoms with E-state index in [-0.39, 0.29) is 58.4 Å². The van der Waals surface area contributed by atoms with Gasteiger partial charge in [-0.3, -0.25) is 9.38 Å². The topological polar surface area (TPSA) is 176 Å². The predicted octanol–water partition coefficient (Wildman–Crippen LogP) is 5.93. The standard InChI is InChI=1S/C36H29N5O7S/c1-19-34(44)41-18-27(38-17-30(41)39-19)20-6-9-22(10-7-20)47-15-14-40(36(37)49)32-28(43)13-12-26-31(23-4-2-3-5-24(23)35(45)46)25-11-8-21(42)16-29(25)48-33(26)32/h2-13,16-18,31,42-44H,14-15H2,1H3,(H2,37,49)(H,45,46). The van der Waals surface area contributed by atoms with Gasteiger partial charge in [-0.2, -0.15) is 0 Å². The number of hydrogen-bond donors (Lipinski definition) is 5. The summed E-state index contributed by atoms with van der Waals surface area (Å²) in [4.78, 5) is 22.5. The SMILES string of the molecule is Cc1nc2cnc(-c3ccc(OCCN(C(N)=S)c4c(O)ccc5c4Oc4cc(O)ccc4C5c4ccccc4C(=O)O)cc3)cn2c1O. The highest BCUT2D eigenvalue weighted by atomic mass is 32.1. The van der Waals surface area contributed by atoms with E-state index in [2.05, 4.69) is 9.97 Å². The van der Waals surface area contributed by atoms with Crippen LogP contribution in [0.4, 0.5) is 5.69 Å². The van der Waals surface area contributed by atoms with Crippen LogP contribution in [0.25, 0.3) is 16.9 Å². The minimum absolute atomic E-state index is 0.0499. The first kappa shape index (κ1) is 31.3. The molecule has 6 N–H and O–H groups in total. The quantitative estimate of drug-likeness (QED) is 0.120. The molecular weight excluding hydrogens is 646 g/mol. The van der Waals surface area contributed by atoms with Crippen LogP contribution in [0.1, 0.15) is 38.7 Å². The van der Waals surface area contributed by atoms with Gasteiger partial charge in [-0.05, 0) is 67.2 Å². The number of hydrogen-bond acceptors (Lipinski definition) is 9. The maximum atomic E-state index is 12.3. The van der Waals surface area contributed by atoms with Crippen molar-refractivity contribution in [1.82, 2.24) is 14.4 Å². The normalized spacial score (nSPS) is 13.3. The maximum absolute atomic E-state index is 12.3. The lowest BCUT2D eigenvalue weighted by atomic mass is 9.80. The van der Waals surface area contributed by atoms with Crippen molar-refractivity contribution in [1.29, 1.82) is 0 Å². The summed E-state index contributed by atoms with van der Waals surface area (Å²) >= 11 is 5.42. The summed E-state index contributed by atoms with van der Waals surface area (Å²) in [6.07, 6.45) is 3.30. The number of phenolic OH excluding ortho intramolecular Hbond substituents is 2. The largest absolute Gasteiger partial charge is 0.508 e. The Bertz CT molecular complexity index is 2270. The van der Waals surface area contributed by atoms with Crippen LogP contribution >= 0.6 is 12.2 Å². The summed E-state index contributed by atoms with van der Waals surface area (Å²) in [5.74, 6) is -0.826. The van der Waals surface area contributed by atoms with Crippen LogP contribution in [0.3, 0.4) is 0 Å². The Hall–Kier alpha value is -6.34. The third-order valence-corrected chi connectivity index (χ3v) is 8.62. The fraction of sp³-hybridized carbons (Fsp3) is 0.111. The summed E-state index contributed by atoms with van der Waals surface area (Å²) in [7, 11) is 0. The second kappa shape index (κ2) is 12.4. The second-order valence-corrected chi connectivity index (χ2v) is 11.8. The van der Waals surface area contributed by atoms with Gasteiger partial charge < -0.3 is 40.5 Å². The number of phenols is 2. The summed E-state index contributed by atoms with van der Waals surface area (Å²) in [5, 5.41) is 41.7. The first-order valence-electron chi connectivity index (χ1n) is 15.1. The number of nitrogens with zero attached hydrogens (tertiary/aromatic N) is 4. The molecule has 246 valence electrons. The average molecular weight is 676 g/mol. The number of benzene rings is 4. The Morgan fingerprint density at radius 1 is 1.02 bits per heavy atom. The highest BCUT2D eigenvalue weighted by Crippen LogP contribution is 2.54. The molecule has 7 rings (SSSR count). The molecule has 1 aliphatic heterocycles. The lowest BCUT2D eigenvalue weighted by Gasteiger charge is -2.34. The molecule has 0 aliphatic carbocycles. The zero-order chi connectivity index (χ0) is 34.4. The number of aromatic hydroxyl groups is 3. The van der Waals surface area contributed by atoms with Crippen LogP contribution in [0, 0.1) is 6.92 Å². The molecule has 0 bridgehead atoms. The molecule has 0 saturated heterocycles. The Morgan fingerprint density at radius 2 is 1.78 bits per heavy atom. The molecule has 4 aromatic carbocycles. The number of aryl methyl sites for hydroxylation is 1. The van der Waals surface area contributed by atoms with E-state index in [1.807, 2.05) is 12.1 Å². The zero-order valence-corrected chi connectivity index (χ0v) is 26.8. The van der Waals surface area contributed by atoms with Gasteiger partial charge in [0.05, 0.1) is 24.0 Å². The molecule has 13 heteroatoms. The summed E-state index contributed by atoms with van der Waals surface area (Å²) < 4.78 is 13.9. The predicted molar refractivity (Wildman–Crippen MR) is 185 cm³/mol. The van der Waals surface area contributed by atoms with Gasteiger partial charge in [0.15, 0.2) is 16.5 Å². The first-order chi connectivity index (χ1) is 23.6. The monoisotopic (exact) mass is 675 g/mol. The van der Waals surface area contributed by atoms with Crippen LogP contribution in [-0.4, -0.2) is 59.0 Å². The van der Waals surface area contributed by atoms with Crippen LogP contribution in [0.5, 0.6) is 34.6 Å². The molecule has 1 unspecified atom stereocenters. The van der Waals surface area contributed by atoms with Gasteiger partial charge in [-0.15, -0.1) is 0 Å². The van der Waals surface area contributed by atoms with E-state index in [0.29, 0.717) is 39.5 Å². The fourth-order valence-corrected chi connectivity index (χ4v) is 6.28. The van der Waals surface area contributed by atoms with Gasteiger partial charge in [0, 0.05) is 34.9 Å². The lowest BCUT2D eigenvalue weighted by molar-refractivity contribution is 0.0695. The van der Waals surface area contributed by atoms with Gasteiger partial charge in [0.2, 0.25) is 5.88 Å². The number of aromatic nitrogens is 3. The molecule has 0 amide bonds. The number of nitrogens with two attached hydrogens (primary N) is 1. The number of anilines is 1. The van der Waals surface area contributed by atoms with Gasteiger partial charge in [0.1, 0.15) is 41.0 Å². The summed E-state index contributed by atoms with van der Waals surface area (Å²) in [5.41, 5.74) is 10.7. The number of thiocarbonyl (C=S) groups is 1. The summed E-state index contributed by atoms with van der Waals surface area (Å²) in [6.45, 7) is 1.94. The van der Waals surface area contributed by atoms with Crippen molar-refractivity contribution >= 4 is 34.6 Å². The Labute approximate surface area is 284 Å². The van der Waals surface area contributed by atoms with Gasteiger partial charge >= 0.3 is 5.97 Å². The lowest BCUT2D eigenvalue weighted by Crippen LogP contribution is -2.39. The van der Waals surface area contributed by atoms with E-state index < -0.39 is 11.9 Å². The number of carboxylic acids is 1. The number of ether oxygens (including phenoxy) is 2. The van der Waals surface area contributed by atoms with Crippen molar-refractivity contribution in [3.63, 3.8) is 0 Å². The van der Waals surface area contributed by atoms with Crippen molar-refractivity contribution in [3.8, 4) is 45.9 Å². The number of fused-ring (bicyclic) bond motifs is 3. The molecule has 3 heterocycles. The van der Waals surface area contributed by atoms with Gasteiger partial charge in [0.25, 0.3) is 0 Å². The molecule has 12 nitrogen and oxygen atoms in total. The van der Waals surface area contributed by atoms with E-state index >= 15 is 0 Å². The molecule has 0 spiro atoms. The smallest absolute Gasteiger partial charge is 0.335 e. The van der Waals surface area contributed by atoms with Gasteiger partial charge in [-0.25, -0.2) is 9.78 Å². The van der Waals surface area contributed by atoms with Crippen LogP contribution in [-0.2, 0) is 0 Å². The van der Waals surface area contributed by atoms with Crippen LogP contribution < -0.4 is 20.1 Å². The molecule has 0 radical (unpaired) electrons. The Kier molecular flexibility index (Phi) is 7.88. The van der Waals surface area contributed by atoms with E-state index in [4.69, 9.17) is 27.4 Å². The van der Waals surface area contributed by atoms with E-state index in [1.165, 1.54) is 29.2 Å². The van der Waals surface area contributed by atoms with E-state index in [9.17, 15) is 25.2 Å². The number of aromatic carboxylic acids is 1. The number of carbonyl (C=O) groups is 1. The highest BCUT2D eigenvalue weighted by Gasteiger charge is 2.35. The minimum atomic E-state index is -1.09. The molecule has 6 aromatic rings. The minimum Gasteiger partial charge on any atom is -0.508 e. The fourth-order valence-electron chi connectivity index (χ4n) is 6.10. The zero-order valence-electron chi connectivity index (χ0n) is 25.9. The highest BCUT2D eigenvalue weighted by molar-refractivity contribution is 7.80.